The molecule has 3 heterocycles. The summed E-state index contributed by atoms with van der Waals surface area (Å²) >= 11 is 0. The van der Waals surface area contributed by atoms with Crippen LogP contribution in [0.1, 0.15) is 36.2 Å². The summed E-state index contributed by atoms with van der Waals surface area (Å²) in [4.78, 5) is 21.3. The van der Waals surface area contributed by atoms with Crippen LogP contribution in [0.3, 0.4) is 0 Å². The minimum Gasteiger partial charge on any atom is -0.335 e. The van der Waals surface area contributed by atoms with E-state index in [1.165, 1.54) is 19.3 Å². The smallest absolute Gasteiger partial charge is 0.272 e. The number of carbonyl (C=O) groups excluding carboxylic acids is 1. The highest BCUT2D eigenvalue weighted by Crippen LogP contribution is 2.37. The highest BCUT2D eigenvalue weighted by Gasteiger charge is 2.44. The summed E-state index contributed by atoms with van der Waals surface area (Å²) < 4.78 is 0. The second-order valence-corrected chi connectivity index (χ2v) is 6.11. The molecular weight excluding hydrogens is 262 g/mol. The Morgan fingerprint density at radius 3 is 2.86 bits per heavy atom. The molecule has 2 saturated heterocycles. The van der Waals surface area contributed by atoms with Crippen LogP contribution < -0.4 is 0 Å². The van der Waals surface area contributed by atoms with Gasteiger partial charge in [0.15, 0.2) is 0 Å². The van der Waals surface area contributed by atoms with Crippen molar-refractivity contribution in [3.8, 4) is 0 Å². The minimum absolute atomic E-state index is 0.0696. The zero-order valence-electron chi connectivity index (χ0n) is 12.5. The molecule has 1 spiro atoms. The van der Waals surface area contributed by atoms with Gasteiger partial charge in [0.2, 0.25) is 0 Å². The number of hydrogen-bond donors (Lipinski definition) is 0. The fourth-order valence-electron chi connectivity index (χ4n) is 3.83. The third kappa shape index (κ3) is 2.72. The van der Waals surface area contributed by atoms with E-state index < -0.39 is 0 Å². The summed E-state index contributed by atoms with van der Waals surface area (Å²) in [5, 5.41) is 0. The van der Waals surface area contributed by atoms with Gasteiger partial charge in [-0.05, 0) is 44.4 Å². The van der Waals surface area contributed by atoms with Crippen molar-refractivity contribution in [2.45, 2.75) is 31.2 Å². The van der Waals surface area contributed by atoms with Crippen molar-refractivity contribution >= 4 is 5.91 Å². The number of likely N-dealkylation sites (tertiary alicyclic amines) is 2. The van der Waals surface area contributed by atoms with E-state index in [0.717, 1.165) is 32.6 Å². The molecule has 2 aliphatic heterocycles. The van der Waals surface area contributed by atoms with Crippen molar-refractivity contribution in [1.29, 1.82) is 0 Å². The Balaban J connectivity index is 1.76. The van der Waals surface area contributed by atoms with Gasteiger partial charge >= 0.3 is 0 Å². The van der Waals surface area contributed by atoms with Gasteiger partial charge in [-0.1, -0.05) is 12.1 Å². The van der Waals surface area contributed by atoms with Crippen LogP contribution in [0, 0.1) is 0 Å². The summed E-state index contributed by atoms with van der Waals surface area (Å²) in [6.07, 6.45) is 8.34. The van der Waals surface area contributed by atoms with Crippen LogP contribution in [0.25, 0.3) is 0 Å². The molecule has 4 nitrogen and oxygen atoms in total. The van der Waals surface area contributed by atoms with Crippen LogP contribution in [0.15, 0.2) is 37.1 Å². The molecule has 4 heteroatoms. The van der Waals surface area contributed by atoms with Crippen LogP contribution >= 0.6 is 0 Å². The number of pyridine rings is 1. The molecule has 0 bridgehead atoms. The molecule has 1 atom stereocenters. The maximum absolute atomic E-state index is 12.6. The van der Waals surface area contributed by atoms with Crippen molar-refractivity contribution in [2.75, 3.05) is 26.2 Å². The lowest BCUT2D eigenvalue weighted by Crippen LogP contribution is -2.56. The highest BCUT2D eigenvalue weighted by atomic mass is 16.2. The van der Waals surface area contributed by atoms with Crippen LogP contribution in [0.5, 0.6) is 0 Å². The predicted octanol–water partition coefficient (Wildman–Crippen LogP) is 2.34. The van der Waals surface area contributed by atoms with Crippen molar-refractivity contribution in [2.24, 2.45) is 0 Å². The Morgan fingerprint density at radius 1 is 1.33 bits per heavy atom. The molecule has 0 saturated carbocycles. The lowest BCUT2D eigenvalue weighted by molar-refractivity contribution is 0.0362. The van der Waals surface area contributed by atoms with Crippen LogP contribution in [-0.4, -0.2) is 52.4 Å². The third-order valence-corrected chi connectivity index (χ3v) is 4.82. The van der Waals surface area contributed by atoms with Gasteiger partial charge in [-0.3, -0.25) is 14.7 Å². The zero-order chi connectivity index (χ0) is 14.7. The van der Waals surface area contributed by atoms with Crippen molar-refractivity contribution in [1.82, 2.24) is 14.8 Å². The second kappa shape index (κ2) is 5.98. The molecule has 3 rings (SSSR count). The first-order valence-corrected chi connectivity index (χ1v) is 7.81. The van der Waals surface area contributed by atoms with Crippen LogP contribution in [0.2, 0.25) is 0 Å². The van der Waals surface area contributed by atoms with E-state index in [0.29, 0.717) is 5.69 Å². The van der Waals surface area contributed by atoms with E-state index in [1.807, 2.05) is 23.1 Å². The summed E-state index contributed by atoms with van der Waals surface area (Å²) in [5.41, 5.74) is 0.722. The first-order valence-electron chi connectivity index (χ1n) is 7.81. The van der Waals surface area contributed by atoms with Gasteiger partial charge in [-0.15, -0.1) is 6.58 Å². The molecule has 0 aliphatic carbocycles. The third-order valence-electron chi connectivity index (χ3n) is 4.82. The first kappa shape index (κ1) is 14.3. The number of amides is 1. The lowest BCUT2D eigenvalue weighted by atomic mass is 9.86. The van der Waals surface area contributed by atoms with Gasteiger partial charge in [0.25, 0.3) is 5.91 Å². The monoisotopic (exact) mass is 285 g/mol. The van der Waals surface area contributed by atoms with Crippen molar-refractivity contribution in [3.05, 3.63) is 42.7 Å². The van der Waals surface area contributed by atoms with E-state index in [4.69, 9.17) is 0 Å². The van der Waals surface area contributed by atoms with E-state index in [-0.39, 0.29) is 11.4 Å². The predicted molar refractivity (Wildman–Crippen MR) is 83.1 cm³/mol. The Bertz CT molecular complexity index is 516. The van der Waals surface area contributed by atoms with Crippen molar-refractivity contribution in [3.63, 3.8) is 0 Å². The first-order chi connectivity index (χ1) is 10.2. The highest BCUT2D eigenvalue weighted by molar-refractivity contribution is 5.92. The lowest BCUT2D eigenvalue weighted by Gasteiger charge is -2.45. The van der Waals surface area contributed by atoms with Gasteiger partial charge in [-0.2, -0.15) is 0 Å². The van der Waals surface area contributed by atoms with E-state index in [1.54, 1.807) is 12.3 Å². The largest absolute Gasteiger partial charge is 0.335 e. The molecular formula is C17H23N3O. The summed E-state index contributed by atoms with van der Waals surface area (Å²) in [6, 6.07) is 5.52. The molecule has 1 amide bonds. The Hall–Kier alpha value is -1.68. The van der Waals surface area contributed by atoms with Gasteiger partial charge in [-0.25, -0.2) is 0 Å². The molecule has 112 valence electrons. The normalized spacial score (nSPS) is 26.2. The molecule has 0 aromatic carbocycles. The maximum atomic E-state index is 12.6. The number of rotatable bonds is 3. The fraction of sp³-hybridized carbons (Fsp3) is 0.529. The molecule has 2 fully saturated rings. The summed E-state index contributed by atoms with van der Waals surface area (Å²) in [7, 11) is 0. The average molecular weight is 285 g/mol. The Morgan fingerprint density at radius 2 is 2.14 bits per heavy atom. The van der Waals surface area contributed by atoms with Gasteiger partial charge in [0.1, 0.15) is 5.69 Å². The Labute approximate surface area is 126 Å². The molecule has 1 aromatic rings. The van der Waals surface area contributed by atoms with E-state index in [9.17, 15) is 4.79 Å². The average Bonchev–Trinajstić information content (AvgIpc) is 2.90. The summed E-state index contributed by atoms with van der Waals surface area (Å²) in [5.74, 6) is 0.0696. The van der Waals surface area contributed by atoms with Crippen LogP contribution in [0.4, 0.5) is 0 Å². The number of aromatic nitrogens is 1. The number of carbonyl (C=O) groups is 1. The Kier molecular flexibility index (Phi) is 4.06. The number of piperidine rings is 1. The topological polar surface area (TPSA) is 36.4 Å². The number of hydrogen-bond acceptors (Lipinski definition) is 3. The van der Waals surface area contributed by atoms with Gasteiger partial charge < -0.3 is 4.90 Å². The van der Waals surface area contributed by atoms with E-state index >= 15 is 0 Å². The second-order valence-electron chi connectivity index (χ2n) is 6.11. The quantitative estimate of drug-likeness (QED) is 0.800. The van der Waals surface area contributed by atoms with Gasteiger partial charge in [0.05, 0.1) is 0 Å². The molecule has 0 N–H and O–H groups in total. The molecule has 2 aliphatic rings. The van der Waals surface area contributed by atoms with Crippen molar-refractivity contribution < 1.29 is 4.79 Å². The number of nitrogens with zero attached hydrogens (tertiary/aromatic N) is 3. The SMILES string of the molecule is C=CCN1CCCC12CCCN(C(=O)c1ccccn1)C2. The summed E-state index contributed by atoms with van der Waals surface area (Å²) in [6.45, 7) is 7.59. The van der Waals surface area contributed by atoms with Gasteiger partial charge in [0, 0.05) is 31.4 Å². The standard InChI is InChI=1S/C17H23N3O/c1-2-11-20-13-6-9-17(20)8-5-12-19(14-17)16(21)15-7-3-4-10-18-15/h2-4,7,10H,1,5-6,8-9,11-14H2. The molecule has 0 radical (unpaired) electrons. The molecule has 1 aromatic heterocycles. The van der Waals surface area contributed by atoms with E-state index in [2.05, 4.69) is 16.5 Å². The molecule has 21 heavy (non-hydrogen) atoms. The zero-order valence-corrected chi connectivity index (χ0v) is 12.5. The maximum Gasteiger partial charge on any atom is 0.272 e. The minimum atomic E-state index is 0.0696. The molecule has 1 unspecified atom stereocenters. The fourth-order valence-corrected chi connectivity index (χ4v) is 3.83. The van der Waals surface area contributed by atoms with Crippen LogP contribution in [-0.2, 0) is 0 Å².